The summed E-state index contributed by atoms with van der Waals surface area (Å²) in [6.07, 6.45) is 6.24. The Balaban J connectivity index is 1.56. The number of carbonyl (C=O) groups is 3. The van der Waals surface area contributed by atoms with Crippen molar-refractivity contribution < 1.29 is 29.0 Å². The number of fused-ring (bicyclic) bond motifs is 5. The van der Waals surface area contributed by atoms with E-state index in [0.717, 1.165) is 38.5 Å². The summed E-state index contributed by atoms with van der Waals surface area (Å²) in [7, 11) is 0. The van der Waals surface area contributed by atoms with Crippen LogP contribution < -0.4 is 0 Å². The number of hydrogen-bond donors (Lipinski definition) is 1. The summed E-state index contributed by atoms with van der Waals surface area (Å²) >= 11 is 4.00. The Bertz CT molecular complexity index is 799. The lowest BCUT2D eigenvalue weighted by Gasteiger charge is -2.65. The van der Waals surface area contributed by atoms with Gasteiger partial charge < -0.3 is 14.6 Å². The molecule has 4 rings (SSSR count). The van der Waals surface area contributed by atoms with Gasteiger partial charge in [-0.05, 0) is 73.5 Å². The van der Waals surface area contributed by atoms with Crippen molar-refractivity contribution in [3.8, 4) is 0 Å². The normalized spacial score (nSPS) is 47.6. The number of carbonyl (C=O) groups excluding carboxylic acids is 3. The summed E-state index contributed by atoms with van der Waals surface area (Å²) in [5.74, 6) is 0.517. The maximum atomic E-state index is 12.9. The maximum absolute atomic E-state index is 12.9. The van der Waals surface area contributed by atoms with Crippen LogP contribution in [0.15, 0.2) is 0 Å². The number of ketones is 1. The predicted octanol–water partition coefficient (Wildman–Crippen LogP) is 4.20. The largest absolute Gasteiger partial charge is 0.463 e. The average molecular weight is 513 g/mol. The molecule has 4 saturated carbocycles. The van der Waals surface area contributed by atoms with E-state index >= 15 is 0 Å². The third-order valence-electron chi connectivity index (χ3n) is 9.88. The lowest BCUT2D eigenvalue weighted by atomic mass is 9.44. The monoisotopic (exact) mass is 512 g/mol. The maximum Gasteiger partial charge on any atom is 0.303 e. The summed E-state index contributed by atoms with van der Waals surface area (Å²) in [6.45, 7) is 7.22. The summed E-state index contributed by atoms with van der Waals surface area (Å²) < 4.78 is 10.1. The van der Waals surface area contributed by atoms with Crippen LogP contribution in [0, 0.1) is 34.5 Å². The molecule has 4 aliphatic carbocycles. The van der Waals surface area contributed by atoms with Gasteiger partial charge in [0.15, 0.2) is 5.78 Å². The molecule has 4 fully saturated rings. The standard InChI is InChI=1S/C25H37BrO6/c1-14(27)31-13-21(29)20-6-5-18-17-11-22(30)25(26)12-16(32-15(2)28)7-10-24(25,4)19(17)8-9-23(18,20)3/h16-20,22,30H,5-13H2,1-4H3/t16-,17?,18?,19?,20+,22+,23-,24+,25-/m0/s1. The molecule has 0 spiro atoms. The third kappa shape index (κ3) is 3.66. The lowest BCUT2D eigenvalue weighted by Crippen LogP contribution is -2.66. The molecule has 0 aromatic carbocycles. The number of alkyl halides is 1. The number of ether oxygens (including phenoxy) is 2. The first-order valence-corrected chi connectivity index (χ1v) is 12.9. The number of esters is 2. The molecule has 0 heterocycles. The van der Waals surface area contributed by atoms with Gasteiger partial charge in [0.25, 0.3) is 0 Å². The Labute approximate surface area is 199 Å². The lowest BCUT2D eigenvalue weighted by molar-refractivity contribution is -0.170. The zero-order valence-corrected chi connectivity index (χ0v) is 21.3. The highest BCUT2D eigenvalue weighted by atomic mass is 79.9. The van der Waals surface area contributed by atoms with Crippen molar-refractivity contribution in [3.63, 3.8) is 0 Å². The van der Waals surface area contributed by atoms with Crippen molar-refractivity contribution in [3.05, 3.63) is 0 Å². The molecule has 0 bridgehead atoms. The molecular formula is C25H37BrO6. The van der Waals surface area contributed by atoms with Crippen LogP contribution >= 0.6 is 15.9 Å². The minimum atomic E-state index is -0.523. The number of halogens is 1. The fourth-order valence-corrected chi connectivity index (χ4v) is 9.38. The topological polar surface area (TPSA) is 89.9 Å². The van der Waals surface area contributed by atoms with Crippen molar-refractivity contribution in [1.29, 1.82) is 0 Å². The van der Waals surface area contributed by atoms with Gasteiger partial charge in [-0.2, -0.15) is 0 Å². The molecule has 9 atom stereocenters. The summed E-state index contributed by atoms with van der Waals surface area (Å²) in [5.41, 5.74) is -0.192. The van der Waals surface area contributed by atoms with E-state index in [-0.39, 0.29) is 41.2 Å². The molecule has 0 aromatic heterocycles. The first-order valence-electron chi connectivity index (χ1n) is 12.1. The molecule has 0 amide bonds. The molecule has 32 heavy (non-hydrogen) atoms. The van der Waals surface area contributed by atoms with Gasteiger partial charge in [0.2, 0.25) is 0 Å². The van der Waals surface area contributed by atoms with Gasteiger partial charge in [-0.3, -0.25) is 14.4 Å². The van der Waals surface area contributed by atoms with Crippen LogP contribution in [-0.2, 0) is 23.9 Å². The van der Waals surface area contributed by atoms with E-state index in [1.807, 2.05) is 0 Å². The van der Waals surface area contributed by atoms with Gasteiger partial charge in [0.05, 0.1) is 10.4 Å². The van der Waals surface area contributed by atoms with E-state index in [1.165, 1.54) is 13.8 Å². The molecular weight excluding hydrogens is 476 g/mol. The summed E-state index contributed by atoms with van der Waals surface area (Å²) in [5, 5.41) is 11.4. The Morgan fingerprint density at radius 3 is 2.38 bits per heavy atom. The Kier molecular flexibility index (Phi) is 6.32. The van der Waals surface area contributed by atoms with Crippen molar-refractivity contribution in [2.45, 2.75) is 95.6 Å². The van der Waals surface area contributed by atoms with Gasteiger partial charge in [-0.15, -0.1) is 0 Å². The van der Waals surface area contributed by atoms with Crippen LogP contribution in [0.5, 0.6) is 0 Å². The van der Waals surface area contributed by atoms with Gasteiger partial charge in [-0.1, -0.05) is 29.8 Å². The second-order valence-electron chi connectivity index (χ2n) is 11.3. The molecule has 0 saturated heterocycles. The Morgan fingerprint density at radius 2 is 1.72 bits per heavy atom. The van der Waals surface area contributed by atoms with Gasteiger partial charge in [0, 0.05) is 26.2 Å². The first-order chi connectivity index (χ1) is 14.9. The van der Waals surface area contributed by atoms with Crippen LogP contribution in [0.1, 0.15) is 79.1 Å². The molecule has 7 heteroatoms. The van der Waals surface area contributed by atoms with E-state index in [0.29, 0.717) is 30.6 Å². The van der Waals surface area contributed by atoms with Crippen molar-refractivity contribution in [2.75, 3.05) is 6.61 Å². The number of hydrogen-bond acceptors (Lipinski definition) is 6. The molecule has 0 aliphatic heterocycles. The second-order valence-corrected chi connectivity index (χ2v) is 12.7. The number of aliphatic hydroxyl groups is 1. The molecule has 180 valence electrons. The first kappa shape index (κ1) is 24.2. The molecule has 1 N–H and O–H groups in total. The minimum absolute atomic E-state index is 0.0444. The molecule has 0 aromatic rings. The van der Waals surface area contributed by atoms with Gasteiger partial charge >= 0.3 is 11.9 Å². The van der Waals surface area contributed by atoms with Crippen LogP contribution in [0.25, 0.3) is 0 Å². The second kappa shape index (κ2) is 8.37. The van der Waals surface area contributed by atoms with Crippen LogP contribution in [0.3, 0.4) is 0 Å². The highest BCUT2D eigenvalue weighted by Crippen LogP contribution is 2.70. The summed E-state index contributed by atoms with van der Waals surface area (Å²) in [6, 6.07) is 0. The number of Topliss-reactive ketones (excluding diaryl/α,β-unsaturated/α-hetero) is 1. The van der Waals surface area contributed by atoms with Crippen molar-refractivity contribution >= 4 is 33.7 Å². The molecule has 0 radical (unpaired) electrons. The van der Waals surface area contributed by atoms with E-state index in [4.69, 9.17) is 9.47 Å². The molecule has 6 nitrogen and oxygen atoms in total. The Morgan fingerprint density at radius 1 is 1.00 bits per heavy atom. The quantitative estimate of drug-likeness (QED) is 0.448. The van der Waals surface area contributed by atoms with E-state index < -0.39 is 16.4 Å². The van der Waals surface area contributed by atoms with Gasteiger partial charge in [-0.25, -0.2) is 0 Å². The Hall–Kier alpha value is -0.950. The minimum Gasteiger partial charge on any atom is -0.463 e. The average Bonchev–Trinajstić information content (AvgIpc) is 3.05. The smallest absolute Gasteiger partial charge is 0.303 e. The number of aliphatic hydroxyl groups excluding tert-OH is 1. The predicted molar refractivity (Wildman–Crippen MR) is 122 cm³/mol. The van der Waals surface area contributed by atoms with Gasteiger partial charge in [0.1, 0.15) is 12.7 Å². The van der Waals surface area contributed by atoms with Crippen molar-refractivity contribution in [1.82, 2.24) is 0 Å². The van der Waals surface area contributed by atoms with E-state index in [2.05, 4.69) is 29.8 Å². The van der Waals surface area contributed by atoms with E-state index in [1.54, 1.807) is 0 Å². The third-order valence-corrected chi connectivity index (χ3v) is 11.6. The van der Waals surface area contributed by atoms with Crippen LogP contribution in [0.4, 0.5) is 0 Å². The zero-order chi connectivity index (χ0) is 23.5. The molecule has 3 unspecified atom stereocenters. The summed E-state index contributed by atoms with van der Waals surface area (Å²) in [4.78, 5) is 35.7. The fourth-order valence-electron chi connectivity index (χ4n) is 8.33. The fraction of sp³-hybridized carbons (Fsp3) is 0.880. The molecule has 4 aliphatic rings. The van der Waals surface area contributed by atoms with Crippen LogP contribution in [0.2, 0.25) is 0 Å². The number of rotatable bonds is 4. The highest BCUT2D eigenvalue weighted by Gasteiger charge is 2.67. The van der Waals surface area contributed by atoms with Crippen molar-refractivity contribution in [2.24, 2.45) is 34.5 Å². The highest BCUT2D eigenvalue weighted by molar-refractivity contribution is 9.10. The SMILES string of the molecule is CC(=O)OCC(=O)[C@H]1CCC2C3C[C@@H](O)[C@@]4(Br)C[C@@H](OC(C)=O)CC[C@]4(C)C3CC[C@@]21C. The van der Waals surface area contributed by atoms with Crippen LogP contribution in [-0.4, -0.2) is 46.0 Å². The zero-order valence-electron chi connectivity index (χ0n) is 19.7. The van der Waals surface area contributed by atoms with E-state index in [9.17, 15) is 19.5 Å².